The monoisotopic (exact) mass is 502 g/mol. The van der Waals surface area contributed by atoms with Gasteiger partial charge < -0.3 is 14.2 Å². The summed E-state index contributed by atoms with van der Waals surface area (Å²) in [7, 11) is 0. The maximum Gasteiger partial charge on any atom is 0.290 e. The minimum atomic E-state index is -0.390. The molecule has 0 atom stereocenters. The van der Waals surface area contributed by atoms with Gasteiger partial charge in [0.1, 0.15) is 5.52 Å². The van der Waals surface area contributed by atoms with E-state index in [2.05, 4.69) is 56.6 Å². The molecule has 1 aliphatic rings. The maximum atomic E-state index is 13.7. The van der Waals surface area contributed by atoms with Gasteiger partial charge in [0.25, 0.3) is 5.91 Å². The van der Waals surface area contributed by atoms with E-state index in [1.807, 2.05) is 41.4 Å². The lowest BCUT2D eigenvalue weighted by molar-refractivity contribution is 0.0484. The number of aromatic nitrogens is 2. The standard InChI is InChI=1S/C29H31ClN4O2/c1-28(2,3)22-15-23(19-8-10-20(30)11-9-19)32-24-16-25(36-26(22)24)27(35)34-14-13-33(18-29(34,4)5)21-7-6-12-31-17-21/h6-12,15-17H,13-14,18H2,1-5H3. The Kier molecular flexibility index (Phi) is 6.03. The predicted octanol–water partition coefficient (Wildman–Crippen LogP) is 6.58. The fraction of sp³-hybridized carbons (Fsp3) is 0.345. The number of benzene rings is 1. The number of furan rings is 1. The number of fused-ring (bicyclic) bond motifs is 1. The van der Waals surface area contributed by atoms with Crippen molar-refractivity contribution in [2.24, 2.45) is 0 Å². The molecule has 0 aliphatic carbocycles. The third-order valence-corrected chi connectivity index (χ3v) is 7.05. The maximum absolute atomic E-state index is 13.7. The lowest BCUT2D eigenvalue weighted by Crippen LogP contribution is -2.61. The topological polar surface area (TPSA) is 62.5 Å². The minimum Gasteiger partial charge on any atom is -0.449 e. The van der Waals surface area contributed by atoms with Gasteiger partial charge in [-0.1, -0.05) is 44.5 Å². The van der Waals surface area contributed by atoms with Crippen LogP contribution in [0.2, 0.25) is 5.02 Å². The first-order valence-corrected chi connectivity index (χ1v) is 12.6. The van der Waals surface area contributed by atoms with E-state index in [9.17, 15) is 4.79 Å². The van der Waals surface area contributed by atoms with E-state index in [4.69, 9.17) is 21.0 Å². The Morgan fingerprint density at radius 3 is 2.47 bits per heavy atom. The molecule has 0 radical (unpaired) electrons. The quantitative estimate of drug-likeness (QED) is 0.316. The molecular weight excluding hydrogens is 472 g/mol. The molecular formula is C29H31ClN4O2. The molecule has 1 fully saturated rings. The summed E-state index contributed by atoms with van der Waals surface area (Å²) in [5.74, 6) is 0.205. The van der Waals surface area contributed by atoms with Crippen LogP contribution in [-0.2, 0) is 5.41 Å². The summed E-state index contributed by atoms with van der Waals surface area (Å²) in [5.41, 5.74) is 4.63. The number of rotatable bonds is 3. The third-order valence-electron chi connectivity index (χ3n) is 6.80. The van der Waals surface area contributed by atoms with Gasteiger partial charge in [-0.25, -0.2) is 4.98 Å². The van der Waals surface area contributed by atoms with Crippen molar-refractivity contribution in [2.45, 2.75) is 45.6 Å². The first kappa shape index (κ1) is 24.3. The molecule has 5 rings (SSSR count). The van der Waals surface area contributed by atoms with Crippen LogP contribution in [0.3, 0.4) is 0 Å². The molecule has 3 aromatic heterocycles. The Morgan fingerprint density at radius 2 is 1.83 bits per heavy atom. The van der Waals surface area contributed by atoms with Crippen LogP contribution in [0.1, 0.15) is 50.7 Å². The zero-order valence-corrected chi connectivity index (χ0v) is 22.1. The molecule has 7 heteroatoms. The van der Waals surface area contributed by atoms with Gasteiger partial charge in [0.15, 0.2) is 11.3 Å². The number of amides is 1. The average Bonchev–Trinajstić information content (AvgIpc) is 3.27. The molecule has 0 N–H and O–H groups in total. The van der Waals surface area contributed by atoms with Crippen LogP contribution in [-0.4, -0.2) is 45.9 Å². The zero-order valence-electron chi connectivity index (χ0n) is 21.4. The van der Waals surface area contributed by atoms with Crippen molar-refractivity contribution >= 4 is 34.3 Å². The summed E-state index contributed by atoms with van der Waals surface area (Å²) < 4.78 is 6.26. The highest BCUT2D eigenvalue weighted by Gasteiger charge is 2.38. The Morgan fingerprint density at radius 1 is 1.08 bits per heavy atom. The highest BCUT2D eigenvalue weighted by atomic mass is 35.5. The van der Waals surface area contributed by atoms with Gasteiger partial charge in [-0.15, -0.1) is 0 Å². The second kappa shape index (κ2) is 8.93. The van der Waals surface area contributed by atoms with Crippen molar-refractivity contribution in [3.63, 3.8) is 0 Å². The normalized spacial score (nSPS) is 15.9. The summed E-state index contributed by atoms with van der Waals surface area (Å²) in [5, 5.41) is 0.679. The van der Waals surface area contributed by atoms with Crippen LogP contribution in [0.15, 0.2) is 65.3 Å². The lowest BCUT2D eigenvalue weighted by atomic mass is 9.86. The Bertz CT molecular complexity index is 1410. The summed E-state index contributed by atoms with van der Waals surface area (Å²) in [6, 6.07) is 15.5. The van der Waals surface area contributed by atoms with Crippen molar-refractivity contribution in [1.29, 1.82) is 0 Å². The van der Waals surface area contributed by atoms with Crippen molar-refractivity contribution in [2.75, 3.05) is 24.5 Å². The number of nitrogens with zero attached hydrogens (tertiary/aromatic N) is 4. The highest BCUT2D eigenvalue weighted by molar-refractivity contribution is 6.30. The molecule has 1 aliphatic heterocycles. The van der Waals surface area contributed by atoms with E-state index in [-0.39, 0.29) is 16.9 Å². The molecule has 1 amide bonds. The van der Waals surface area contributed by atoms with Gasteiger partial charge in [-0.05, 0) is 49.6 Å². The summed E-state index contributed by atoms with van der Waals surface area (Å²) >= 11 is 6.09. The number of carbonyl (C=O) groups excluding carboxylic acids is 1. The number of halogens is 1. The van der Waals surface area contributed by atoms with Crippen LogP contribution >= 0.6 is 11.6 Å². The molecule has 1 saturated heterocycles. The van der Waals surface area contributed by atoms with Crippen molar-refractivity contribution < 1.29 is 9.21 Å². The number of pyridine rings is 2. The number of anilines is 1. The van der Waals surface area contributed by atoms with Crippen LogP contribution < -0.4 is 4.90 Å². The molecule has 36 heavy (non-hydrogen) atoms. The third kappa shape index (κ3) is 4.58. The molecule has 6 nitrogen and oxygen atoms in total. The van der Waals surface area contributed by atoms with Crippen LogP contribution in [0.4, 0.5) is 5.69 Å². The van der Waals surface area contributed by atoms with Gasteiger partial charge in [0.05, 0.1) is 23.1 Å². The zero-order chi connectivity index (χ0) is 25.7. The lowest BCUT2D eigenvalue weighted by Gasteiger charge is -2.47. The molecule has 186 valence electrons. The van der Waals surface area contributed by atoms with Crippen LogP contribution in [0.5, 0.6) is 0 Å². The Labute approximate surface area is 216 Å². The smallest absolute Gasteiger partial charge is 0.290 e. The molecule has 0 spiro atoms. The predicted molar refractivity (Wildman–Crippen MR) is 145 cm³/mol. The fourth-order valence-electron chi connectivity index (χ4n) is 4.88. The number of piperazine rings is 1. The van der Waals surface area contributed by atoms with Gasteiger partial charge in [-0.3, -0.25) is 9.78 Å². The van der Waals surface area contributed by atoms with E-state index < -0.39 is 0 Å². The van der Waals surface area contributed by atoms with E-state index in [0.717, 1.165) is 29.1 Å². The second-order valence-corrected chi connectivity index (χ2v) is 11.5. The first-order valence-electron chi connectivity index (χ1n) is 12.2. The van der Waals surface area contributed by atoms with Crippen molar-refractivity contribution in [3.05, 3.63) is 77.3 Å². The Hall–Kier alpha value is -3.38. The highest BCUT2D eigenvalue weighted by Crippen LogP contribution is 2.36. The van der Waals surface area contributed by atoms with Gasteiger partial charge in [0, 0.05) is 48.0 Å². The minimum absolute atomic E-state index is 0.114. The molecule has 0 unspecified atom stereocenters. The van der Waals surface area contributed by atoms with E-state index in [0.29, 0.717) is 35.0 Å². The van der Waals surface area contributed by atoms with Crippen LogP contribution in [0, 0.1) is 0 Å². The molecule has 0 bridgehead atoms. The molecule has 4 aromatic rings. The number of carbonyl (C=O) groups is 1. The molecule has 4 heterocycles. The Balaban J connectivity index is 1.50. The summed E-state index contributed by atoms with van der Waals surface area (Å²) in [6.07, 6.45) is 3.64. The number of hydrogen-bond acceptors (Lipinski definition) is 5. The first-order chi connectivity index (χ1) is 17.0. The van der Waals surface area contributed by atoms with Gasteiger partial charge in [0.2, 0.25) is 0 Å². The average molecular weight is 503 g/mol. The van der Waals surface area contributed by atoms with Crippen molar-refractivity contribution in [3.8, 4) is 11.3 Å². The molecule has 1 aromatic carbocycles. The summed E-state index contributed by atoms with van der Waals surface area (Å²) in [4.78, 5) is 27.0. The van der Waals surface area contributed by atoms with Gasteiger partial charge in [-0.2, -0.15) is 0 Å². The van der Waals surface area contributed by atoms with Crippen molar-refractivity contribution in [1.82, 2.24) is 14.9 Å². The second-order valence-electron chi connectivity index (χ2n) is 11.0. The van der Waals surface area contributed by atoms with E-state index in [1.165, 1.54) is 0 Å². The van der Waals surface area contributed by atoms with E-state index >= 15 is 0 Å². The fourth-order valence-corrected chi connectivity index (χ4v) is 5.00. The summed E-state index contributed by atoms with van der Waals surface area (Å²) in [6.45, 7) is 12.6. The van der Waals surface area contributed by atoms with E-state index in [1.54, 1.807) is 12.3 Å². The largest absolute Gasteiger partial charge is 0.449 e. The van der Waals surface area contributed by atoms with Gasteiger partial charge >= 0.3 is 0 Å². The van der Waals surface area contributed by atoms with Crippen LogP contribution in [0.25, 0.3) is 22.4 Å². The molecule has 0 saturated carbocycles. The number of hydrogen-bond donors (Lipinski definition) is 0. The SMILES string of the molecule is CC(C)(C)c1cc(-c2ccc(Cl)cc2)nc2cc(C(=O)N3CCN(c4cccnc4)CC3(C)C)oc12.